The molecule has 16 heavy (non-hydrogen) atoms. The highest BCUT2D eigenvalue weighted by molar-refractivity contribution is 6.63. The maximum absolute atomic E-state index is 11.0. The minimum absolute atomic E-state index is 0.00154. The lowest BCUT2D eigenvalue weighted by Crippen LogP contribution is -2.27. The van der Waals surface area contributed by atoms with E-state index in [9.17, 15) is 9.59 Å². The number of rotatable bonds is 5. The van der Waals surface area contributed by atoms with Crippen LogP contribution < -0.4 is 5.73 Å². The predicted molar refractivity (Wildman–Crippen MR) is 62.2 cm³/mol. The quantitative estimate of drug-likeness (QED) is 0.715. The summed E-state index contributed by atoms with van der Waals surface area (Å²) < 4.78 is 4.32. The lowest BCUT2D eigenvalue weighted by molar-refractivity contribution is -0.127. The molecule has 1 fully saturated rings. The lowest BCUT2D eigenvalue weighted by Gasteiger charge is -2.13. The summed E-state index contributed by atoms with van der Waals surface area (Å²) in [6, 6.07) is 0. The summed E-state index contributed by atoms with van der Waals surface area (Å²) in [6.45, 7) is 2.49. The zero-order valence-electron chi connectivity index (χ0n) is 9.58. The average molecular weight is 251 g/mol. The number of nitrogens with zero attached hydrogens (tertiary/aromatic N) is 1. The second kappa shape index (κ2) is 9.57. The van der Waals surface area contributed by atoms with Crippen LogP contribution in [0.15, 0.2) is 0 Å². The van der Waals surface area contributed by atoms with Gasteiger partial charge in [-0.25, -0.2) is 0 Å². The molecule has 5 nitrogen and oxygen atoms in total. The van der Waals surface area contributed by atoms with Crippen LogP contribution in [0.2, 0.25) is 0 Å². The van der Waals surface area contributed by atoms with E-state index < -0.39 is 5.24 Å². The van der Waals surface area contributed by atoms with Gasteiger partial charge < -0.3 is 15.4 Å². The van der Waals surface area contributed by atoms with Crippen molar-refractivity contribution in [2.75, 3.05) is 33.4 Å². The number of likely N-dealkylation sites (tertiary alicyclic amines) is 1. The zero-order valence-corrected chi connectivity index (χ0v) is 10.3. The number of halogens is 1. The highest BCUT2D eigenvalue weighted by Crippen LogP contribution is 2.08. The van der Waals surface area contributed by atoms with E-state index in [0.29, 0.717) is 12.5 Å². The summed E-state index contributed by atoms with van der Waals surface area (Å²) in [7, 11) is 1.42. The fourth-order valence-corrected chi connectivity index (χ4v) is 1.45. The minimum atomic E-state index is -0.461. The Morgan fingerprint density at radius 2 is 2.31 bits per heavy atom. The van der Waals surface area contributed by atoms with E-state index in [-0.39, 0.29) is 6.61 Å². The Labute approximate surface area is 101 Å². The molecule has 0 aromatic rings. The molecule has 0 saturated carbocycles. The number of amides is 1. The van der Waals surface area contributed by atoms with Gasteiger partial charge in [0, 0.05) is 26.6 Å². The van der Waals surface area contributed by atoms with Crippen molar-refractivity contribution in [1.82, 2.24) is 4.90 Å². The van der Waals surface area contributed by atoms with Gasteiger partial charge in [-0.05, 0) is 31.0 Å². The zero-order chi connectivity index (χ0) is 12.4. The molecule has 1 rings (SSSR count). The van der Waals surface area contributed by atoms with Gasteiger partial charge in [-0.2, -0.15) is 0 Å². The molecule has 0 unspecified atom stereocenters. The van der Waals surface area contributed by atoms with Gasteiger partial charge in [-0.1, -0.05) is 0 Å². The van der Waals surface area contributed by atoms with Crippen molar-refractivity contribution in [1.29, 1.82) is 0 Å². The molecule has 0 aliphatic carbocycles. The molecule has 0 radical (unpaired) electrons. The number of ether oxygens (including phenoxy) is 1. The molecule has 1 heterocycles. The van der Waals surface area contributed by atoms with E-state index in [4.69, 9.17) is 17.3 Å². The largest absolute Gasteiger partial charge is 0.376 e. The molecule has 0 aromatic heterocycles. The van der Waals surface area contributed by atoms with Crippen molar-refractivity contribution in [2.24, 2.45) is 5.73 Å². The number of nitrogens with two attached hydrogens (primary N) is 1. The minimum Gasteiger partial charge on any atom is -0.376 e. The molecule has 1 saturated heterocycles. The van der Waals surface area contributed by atoms with Crippen molar-refractivity contribution in [3.63, 3.8) is 0 Å². The van der Waals surface area contributed by atoms with Crippen LogP contribution in [-0.2, 0) is 14.3 Å². The molecule has 1 aliphatic rings. The molecule has 0 atom stereocenters. The first-order valence-corrected chi connectivity index (χ1v) is 5.64. The maximum Gasteiger partial charge on any atom is 0.247 e. The maximum atomic E-state index is 11.0. The van der Waals surface area contributed by atoms with Crippen molar-refractivity contribution in [3.8, 4) is 0 Å². The van der Waals surface area contributed by atoms with Gasteiger partial charge in [0.25, 0.3) is 0 Å². The molecular formula is C10H19ClN2O3. The van der Waals surface area contributed by atoms with Crippen LogP contribution in [0.1, 0.15) is 19.3 Å². The Balaban J connectivity index is 0.000000325. The Hall–Kier alpha value is -0.650. The van der Waals surface area contributed by atoms with Gasteiger partial charge in [0.2, 0.25) is 11.1 Å². The summed E-state index contributed by atoms with van der Waals surface area (Å²) in [4.78, 5) is 22.5. The van der Waals surface area contributed by atoms with E-state index in [2.05, 4.69) is 4.74 Å². The van der Waals surface area contributed by atoms with Gasteiger partial charge in [-0.3, -0.25) is 9.59 Å². The first-order valence-electron chi connectivity index (χ1n) is 5.27. The Morgan fingerprint density at radius 1 is 1.62 bits per heavy atom. The third-order valence-electron chi connectivity index (χ3n) is 2.06. The van der Waals surface area contributed by atoms with Crippen molar-refractivity contribution in [2.45, 2.75) is 19.3 Å². The van der Waals surface area contributed by atoms with Crippen molar-refractivity contribution < 1.29 is 14.3 Å². The van der Waals surface area contributed by atoms with E-state index in [0.717, 1.165) is 32.4 Å². The van der Waals surface area contributed by atoms with Crippen LogP contribution in [-0.4, -0.2) is 49.4 Å². The van der Waals surface area contributed by atoms with Crippen LogP contribution in [0.4, 0.5) is 0 Å². The summed E-state index contributed by atoms with van der Waals surface area (Å²) in [6.07, 6.45) is 2.71. The van der Waals surface area contributed by atoms with Gasteiger partial charge in [-0.15, -0.1) is 0 Å². The smallest absolute Gasteiger partial charge is 0.247 e. The van der Waals surface area contributed by atoms with Crippen molar-refractivity contribution in [3.05, 3.63) is 0 Å². The number of carbonyl (C=O) groups excluding carboxylic acids is 2. The first kappa shape index (κ1) is 15.3. The van der Waals surface area contributed by atoms with Crippen LogP contribution >= 0.6 is 11.6 Å². The second-order valence-electron chi connectivity index (χ2n) is 3.41. The Kier molecular flexibility index (Phi) is 9.18. The van der Waals surface area contributed by atoms with E-state index in [1.165, 1.54) is 7.11 Å². The lowest BCUT2D eigenvalue weighted by atomic mass is 10.4. The number of methoxy groups -OCH3 is 1. The van der Waals surface area contributed by atoms with Crippen LogP contribution in [0.25, 0.3) is 0 Å². The first-order chi connectivity index (χ1) is 7.61. The highest BCUT2D eigenvalue weighted by atomic mass is 35.5. The topological polar surface area (TPSA) is 72.6 Å². The normalized spacial score (nSPS) is 14.7. The summed E-state index contributed by atoms with van der Waals surface area (Å²) >= 11 is 4.81. The monoisotopic (exact) mass is 250 g/mol. The van der Waals surface area contributed by atoms with Crippen LogP contribution in [0.5, 0.6) is 0 Å². The fraction of sp³-hybridized carbons (Fsp3) is 0.800. The highest BCUT2D eigenvalue weighted by Gasteiger charge is 2.18. The molecule has 1 aliphatic heterocycles. The third-order valence-corrected chi connectivity index (χ3v) is 2.17. The molecular weight excluding hydrogens is 232 g/mol. The number of carbonyl (C=O) groups is 2. The van der Waals surface area contributed by atoms with E-state index in [1.54, 1.807) is 0 Å². The van der Waals surface area contributed by atoms with E-state index in [1.807, 2.05) is 4.90 Å². The van der Waals surface area contributed by atoms with Gasteiger partial charge in [0.1, 0.15) is 6.61 Å². The summed E-state index contributed by atoms with van der Waals surface area (Å²) in [5.74, 6) is 0.299. The van der Waals surface area contributed by atoms with Gasteiger partial charge >= 0.3 is 0 Å². The summed E-state index contributed by atoms with van der Waals surface area (Å²) in [5.41, 5.74) is 5.31. The molecule has 2 N–H and O–H groups in total. The second-order valence-corrected chi connectivity index (χ2v) is 3.84. The fourth-order valence-electron chi connectivity index (χ4n) is 1.34. The molecule has 0 spiro atoms. The molecule has 6 heteroatoms. The predicted octanol–water partition coefficient (Wildman–Crippen LogP) is 0.356. The average Bonchev–Trinajstić information content (AvgIpc) is 2.62. The van der Waals surface area contributed by atoms with Crippen LogP contribution in [0, 0.1) is 0 Å². The van der Waals surface area contributed by atoms with Gasteiger partial charge in [0.05, 0.1) is 0 Å². The number of hydrogen-bond acceptors (Lipinski definition) is 4. The SMILES string of the molecule is COCC(=O)Cl.NCCCN1CCCC1=O. The Bertz CT molecular complexity index is 224. The standard InChI is InChI=1S/C7H14N2O.C3H5ClO2/c8-4-2-6-9-5-1-3-7(9)10;1-6-2-3(4)5/h1-6,8H2;2H2,1H3. The molecule has 94 valence electrons. The third kappa shape index (κ3) is 7.62. The molecule has 0 aromatic carbocycles. The van der Waals surface area contributed by atoms with Crippen LogP contribution in [0.3, 0.4) is 0 Å². The Morgan fingerprint density at radius 3 is 2.62 bits per heavy atom. The molecule has 0 bridgehead atoms. The van der Waals surface area contributed by atoms with E-state index >= 15 is 0 Å². The molecule has 1 amide bonds. The number of hydrogen-bond donors (Lipinski definition) is 1. The van der Waals surface area contributed by atoms with Crippen molar-refractivity contribution >= 4 is 22.8 Å². The summed E-state index contributed by atoms with van der Waals surface area (Å²) in [5, 5.41) is -0.461. The van der Waals surface area contributed by atoms with Gasteiger partial charge in [0.15, 0.2) is 0 Å².